The largest absolute Gasteiger partial charge is 0.394 e. The van der Waals surface area contributed by atoms with Gasteiger partial charge in [0.2, 0.25) is 5.78 Å². The summed E-state index contributed by atoms with van der Waals surface area (Å²) in [5.74, 6) is -3.58. The Balaban J connectivity index is 2.97. The Labute approximate surface area is 82.7 Å². The summed E-state index contributed by atoms with van der Waals surface area (Å²) in [6.45, 7) is 0. The summed E-state index contributed by atoms with van der Waals surface area (Å²) in [6, 6.07) is 1.74. The monoisotopic (exact) mass is 221 g/mol. The molecule has 15 heavy (non-hydrogen) atoms. The number of hydrogen-bond acceptors (Lipinski definition) is 2. The Morgan fingerprint density at radius 2 is 1.93 bits per heavy atom. The van der Waals surface area contributed by atoms with Crippen molar-refractivity contribution in [2.45, 2.75) is 12.8 Å². The van der Waals surface area contributed by atoms with E-state index >= 15 is 0 Å². The number of benzene rings is 1. The molecule has 0 saturated carbocycles. The fraction of sp³-hybridized carbons (Fsp3) is 0.222. The number of nitrogens with two attached hydrogens (primary N) is 1. The predicted molar refractivity (Wildman–Crippen MR) is 45.5 cm³/mol. The smallest absolute Gasteiger partial charge is 0.296 e. The maximum Gasteiger partial charge on any atom is 0.296 e. The van der Waals surface area contributed by atoms with Crippen LogP contribution in [0.15, 0.2) is 12.1 Å². The number of rotatable bonds is 3. The maximum atomic E-state index is 13.1. The molecule has 1 aromatic carbocycles. The zero-order valence-electron chi connectivity index (χ0n) is 7.44. The molecule has 0 amide bonds. The lowest BCUT2D eigenvalue weighted by Crippen LogP contribution is -2.14. The first-order valence-electron chi connectivity index (χ1n) is 3.96. The second-order valence-corrected chi connectivity index (χ2v) is 2.88. The van der Waals surface area contributed by atoms with Crippen molar-refractivity contribution < 1.29 is 22.4 Å². The average Bonchev–Trinajstić information content (AvgIpc) is 2.18. The molecule has 0 aliphatic heterocycles. The number of halogens is 4. The lowest BCUT2D eigenvalue weighted by atomic mass is 10.1. The zero-order valence-corrected chi connectivity index (χ0v) is 7.44. The number of nitrogen functional groups attached to an aromatic ring is 1. The molecule has 0 fully saturated rings. The molecule has 1 aromatic rings. The fourth-order valence-electron chi connectivity index (χ4n) is 1.02. The highest BCUT2D eigenvalue weighted by Crippen LogP contribution is 2.19. The number of alkyl halides is 2. The molecule has 0 unspecified atom stereocenters. The van der Waals surface area contributed by atoms with E-state index in [0.717, 1.165) is 12.1 Å². The number of ketones is 1. The molecule has 0 bridgehead atoms. The molecule has 0 aliphatic rings. The molecule has 0 radical (unpaired) electrons. The average molecular weight is 221 g/mol. The van der Waals surface area contributed by atoms with Gasteiger partial charge in [-0.05, 0) is 11.6 Å². The van der Waals surface area contributed by atoms with Crippen LogP contribution in [0.2, 0.25) is 0 Å². The second-order valence-electron chi connectivity index (χ2n) is 2.88. The highest BCUT2D eigenvalue weighted by molar-refractivity contribution is 5.84. The van der Waals surface area contributed by atoms with Crippen LogP contribution in [0.4, 0.5) is 23.2 Å². The van der Waals surface area contributed by atoms with Gasteiger partial charge in [-0.1, -0.05) is 6.07 Å². The van der Waals surface area contributed by atoms with E-state index < -0.39 is 36.0 Å². The molecular formula is C9H7F4NO. The molecule has 2 N–H and O–H groups in total. The number of hydrogen-bond donors (Lipinski definition) is 1. The van der Waals surface area contributed by atoms with Gasteiger partial charge in [0.05, 0.1) is 0 Å². The molecule has 0 spiro atoms. The summed E-state index contributed by atoms with van der Waals surface area (Å²) in [5, 5.41) is 0. The zero-order chi connectivity index (χ0) is 11.6. The van der Waals surface area contributed by atoms with Crippen LogP contribution in [0, 0.1) is 11.6 Å². The van der Waals surface area contributed by atoms with Crippen molar-refractivity contribution in [1.29, 1.82) is 0 Å². The number of anilines is 1. The summed E-state index contributed by atoms with van der Waals surface area (Å²) in [4.78, 5) is 10.6. The molecule has 0 aromatic heterocycles. The fourth-order valence-corrected chi connectivity index (χ4v) is 1.02. The van der Waals surface area contributed by atoms with Gasteiger partial charge in [0.1, 0.15) is 11.5 Å². The normalized spacial score (nSPS) is 10.7. The maximum absolute atomic E-state index is 13.1. The molecular weight excluding hydrogens is 214 g/mol. The van der Waals surface area contributed by atoms with Crippen molar-refractivity contribution in [3.8, 4) is 0 Å². The van der Waals surface area contributed by atoms with Crippen LogP contribution >= 0.6 is 0 Å². The van der Waals surface area contributed by atoms with Crippen LogP contribution < -0.4 is 5.73 Å². The summed E-state index contributed by atoms with van der Waals surface area (Å²) >= 11 is 0. The quantitative estimate of drug-likeness (QED) is 0.626. The van der Waals surface area contributed by atoms with Crippen LogP contribution in [0.3, 0.4) is 0 Å². The van der Waals surface area contributed by atoms with Crippen LogP contribution in [0.25, 0.3) is 0 Å². The second kappa shape index (κ2) is 4.29. The third-order valence-electron chi connectivity index (χ3n) is 1.81. The van der Waals surface area contributed by atoms with Gasteiger partial charge in [-0.15, -0.1) is 0 Å². The Morgan fingerprint density at radius 1 is 1.33 bits per heavy atom. The molecule has 0 heterocycles. The number of carbonyl (C=O) groups is 1. The first-order valence-corrected chi connectivity index (χ1v) is 3.96. The van der Waals surface area contributed by atoms with Crippen molar-refractivity contribution in [2.24, 2.45) is 0 Å². The highest BCUT2D eigenvalue weighted by Gasteiger charge is 2.19. The number of Topliss-reactive ketones (excluding diaryl/α,β-unsaturated/α-hetero) is 1. The van der Waals surface area contributed by atoms with E-state index in [-0.39, 0.29) is 5.56 Å². The van der Waals surface area contributed by atoms with Gasteiger partial charge in [0.15, 0.2) is 5.82 Å². The lowest BCUT2D eigenvalue weighted by molar-refractivity contribution is -0.128. The van der Waals surface area contributed by atoms with Crippen LogP contribution in [-0.4, -0.2) is 12.2 Å². The SMILES string of the molecule is Nc1c(F)ccc(CC(=O)C(F)F)c1F. The highest BCUT2D eigenvalue weighted by atomic mass is 19.3. The third-order valence-corrected chi connectivity index (χ3v) is 1.81. The van der Waals surface area contributed by atoms with Gasteiger partial charge in [-0.25, -0.2) is 17.6 Å². The molecule has 6 heteroatoms. The van der Waals surface area contributed by atoms with Gasteiger partial charge in [0, 0.05) is 6.42 Å². The summed E-state index contributed by atoms with van der Waals surface area (Å²) in [7, 11) is 0. The molecule has 2 nitrogen and oxygen atoms in total. The Morgan fingerprint density at radius 3 is 2.47 bits per heavy atom. The Hall–Kier alpha value is -1.59. The Kier molecular flexibility index (Phi) is 3.28. The molecule has 0 atom stereocenters. The van der Waals surface area contributed by atoms with Crippen LogP contribution in [0.5, 0.6) is 0 Å². The van der Waals surface area contributed by atoms with Gasteiger partial charge in [-0.3, -0.25) is 4.79 Å². The number of carbonyl (C=O) groups excluding carboxylic acids is 1. The topological polar surface area (TPSA) is 43.1 Å². The van der Waals surface area contributed by atoms with Crippen LogP contribution in [-0.2, 0) is 11.2 Å². The van der Waals surface area contributed by atoms with Crippen molar-refractivity contribution in [1.82, 2.24) is 0 Å². The minimum absolute atomic E-state index is 0.334. The van der Waals surface area contributed by atoms with Crippen molar-refractivity contribution in [2.75, 3.05) is 5.73 Å². The van der Waals surface area contributed by atoms with Crippen molar-refractivity contribution in [3.63, 3.8) is 0 Å². The predicted octanol–water partition coefficient (Wildman–Crippen LogP) is 1.92. The standard InChI is InChI=1S/C9H7F4NO/c10-5-2-1-4(7(11)8(5)14)3-6(15)9(12)13/h1-2,9H,3,14H2. The first kappa shape index (κ1) is 11.5. The lowest BCUT2D eigenvalue weighted by Gasteiger charge is -2.05. The van der Waals surface area contributed by atoms with Crippen LogP contribution in [0.1, 0.15) is 5.56 Å². The van der Waals surface area contributed by atoms with E-state index in [1.54, 1.807) is 0 Å². The van der Waals surface area contributed by atoms with Crippen molar-refractivity contribution in [3.05, 3.63) is 29.3 Å². The van der Waals surface area contributed by atoms with E-state index in [9.17, 15) is 22.4 Å². The van der Waals surface area contributed by atoms with E-state index in [2.05, 4.69) is 0 Å². The van der Waals surface area contributed by atoms with E-state index in [4.69, 9.17) is 5.73 Å². The summed E-state index contributed by atoms with van der Waals surface area (Å²) in [5.41, 5.74) is 3.88. The summed E-state index contributed by atoms with van der Waals surface area (Å²) < 4.78 is 49.5. The molecule has 82 valence electrons. The Bertz CT molecular complexity index is 392. The summed E-state index contributed by atoms with van der Waals surface area (Å²) in [6.07, 6.45) is -3.97. The third kappa shape index (κ3) is 2.45. The van der Waals surface area contributed by atoms with Crippen molar-refractivity contribution >= 4 is 11.5 Å². The van der Waals surface area contributed by atoms with Gasteiger partial charge in [-0.2, -0.15) is 0 Å². The van der Waals surface area contributed by atoms with Gasteiger partial charge in [0.25, 0.3) is 6.43 Å². The minimum atomic E-state index is -3.17. The first-order chi connectivity index (χ1) is 6.93. The minimum Gasteiger partial charge on any atom is -0.394 e. The van der Waals surface area contributed by atoms with E-state index in [0.29, 0.717) is 0 Å². The van der Waals surface area contributed by atoms with E-state index in [1.165, 1.54) is 0 Å². The van der Waals surface area contributed by atoms with Gasteiger partial charge < -0.3 is 5.73 Å². The van der Waals surface area contributed by atoms with E-state index in [1.807, 2.05) is 0 Å². The van der Waals surface area contributed by atoms with Gasteiger partial charge >= 0.3 is 0 Å². The molecule has 0 saturated heterocycles. The molecule has 1 rings (SSSR count). The molecule has 0 aliphatic carbocycles.